The smallest absolute Gasteiger partial charge is 0.222 e. The number of nitrogens with one attached hydrogen (secondary N) is 2. The molecule has 2 saturated heterocycles. The van der Waals surface area contributed by atoms with Gasteiger partial charge in [0.2, 0.25) is 5.91 Å². The zero-order valence-electron chi connectivity index (χ0n) is 17.3. The van der Waals surface area contributed by atoms with Gasteiger partial charge in [-0.3, -0.25) is 9.79 Å². The highest BCUT2D eigenvalue weighted by Gasteiger charge is 2.30. The van der Waals surface area contributed by atoms with Gasteiger partial charge < -0.3 is 20.3 Å². The summed E-state index contributed by atoms with van der Waals surface area (Å²) in [5, 5.41) is 5.98. The fraction of sp³-hybridized carbons (Fsp3) is 0.600. The average molecular weight is 441 g/mol. The van der Waals surface area contributed by atoms with Gasteiger partial charge in [0.15, 0.2) is 15.8 Å². The number of morpholine rings is 1. The molecule has 2 heterocycles. The molecule has 0 aliphatic carbocycles. The first kappa shape index (κ1) is 22.5. The number of amides is 1. The third-order valence-corrected chi connectivity index (χ3v) is 7.01. The predicted octanol–water partition coefficient (Wildman–Crippen LogP) is 0.856. The van der Waals surface area contributed by atoms with Crippen molar-refractivity contribution in [2.45, 2.75) is 38.0 Å². The van der Waals surface area contributed by atoms with E-state index < -0.39 is 9.84 Å². The Labute approximate surface area is 176 Å². The van der Waals surface area contributed by atoms with Gasteiger partial charge in [0.25, 0.3) is 0 Å². The van der Waals surface area contributed by atoms with Crippen molar-refractivity contribution >= 4 is 21.7 Å². The van der Waals surface area contributed by atoms with Gasteiger partial charge in [-0.1, -0.05) is 12.1 Å². The molecule has 1 aromatic carbocycles. The number of nitrogens with zero attached hydrogens (tertiary/aromatic N) is 2. The largest absolute Gasteiger partial charge is 0.367 e. The Morgan fingerprint density at radius 3 is 2.67 bits per heavy atom. The molecule has 2 fully saturated rings. The van der Waals surface area contributed by atoms with Gasteiger partial charge in [0.1, 0.15) is 11.9 Å². The summed E-state index contributed by atoms with van der Waals surface area (Å²) in [5.74, 6) is 0.343. The van der Waals surface area contributed by atoms with Gasteiger partial charge in [0.05, 0.1) is 24.2 Å². The maximum absolute atomic E-state index is 13.2. The monoisotopic (exact) mass is 440 g/mol. The molecule has 10 heteroatoms. The number of rotatable bonds is 5. The van der Waals surface area contributed by atoms with Crippen LogP contribution in [0, 0.1) is 5.82 Å². The predicted molar refractivity (Wildman–Crippen MR) is 112 cm³/mol. The normalized spacial score (nSPS) is 26.4. The highest BCUT2D eigenvalue weighted by Crippen LogP contribution is 2.25. The summed E-state index contributed by atoms with van der Waals surface area (Å²) in [6.07, 6.45) is 0.441. The number of carbonyl (C=O) groups is 1. The quantitative estimate of drug-likeness (QED) is 0.520. The van der Waals surface area contributed by atoms with Crippen LogP contribution in [0.4, 0.5) is 4.39 Å². The van der Waals surface area contributed by atoms with E-state index in [9.17, 15) is 17.6 Å². The van der Waals surface area contributed by atoms with Crippen LogP contribution >= 0.6 is 0 Å². The van der Waals surface area contributed by atoms with Gasteiger partial charge in [0, 0.05) is 32.6 Å². The van der Waals surface area contributed by atoms with Crippen molar-refractivity contribution in [1.29, 1.82) is 0 Å². The molecule has 0 bridgehead atoms. The minimum absolute atomic E-state index is 0.0181. The Kier molecular flexibility index (Phi) is 7.30. The van der Waals surface area contributed by atoms with Crippen molar-refractivity contribution in [3.8, 4) is 0 Å². The van der Waals surface area contributed by atoms with Gasteiger partial charge in [-0.2, -0.15) is 0 Å². The maximum atomic E-state index is 13.2. The van der Waals surface area contributed by atoms with Crippen LogP contribution in [-0.4, -0.2) is 75.5 Å². The molecule has 30 heavy (non-hydrogen) atoms. The van der Waals surface area contributed by atoms with Crippen molar-refractivity contribution in [2.75, 3.05) is 38.2 Å². The van der Waals surface area contributed by atoms with Crippen molar-refractivity contribution in [3.63, 3.8) is 0 Å². The van der Waals surface area contributed by atoms with Gasteiger partial charge in [-0.15, -0.1) is 0 Å². The minimum atomic E-state index is -3.02. The highest BCUT2D eigenvalue weighted by molar-refractivity contribution is 7.91. The second-order valence-electron chi connectivity index (χ2n) is 7.78. The Bertz CT molecular complexity index is 875. The van der Waals surface area contributed by atoms with Crippen LogP contribution in [0.25, 0.3) is 0 Å². The Hall–Kier alpha value is -2.20. The van der Waals surface area contributed by atoms with E-state index in [-0.39, 0.29) is 47.9 Å². The van der Waals surface area contributed by atoms with Crippen LogP contribution in [0.5, 0.6) is 0 Å². The first-order chi connectivity index (χ1) is 14.3. The maximum Gasteiger partial charge on any atom is 0.222 e. The summed E-state index contributed by atoms with van der Waals surface area (Å²) in [4.78, 5) is 18.5. The number of guanidine groups is 1. The zero-order valence-corrected chi connectivity index (χ0v) is 18.1. The van der Waals surface area contributed by atoms with E-state index in [0.717, 1.165) is 5.56 Å². The molecular formula is C20H29FN4O4S. The third-order valence-electron chi connectivity index (χ3n) is 5.25. The molecule has 0 radical (unpaired) electrons. The van der Waals surface area contributed by atoms with Crippen LogP contribution < -0.4 is 10.6 Å². The third kappa shape index (κ3) is 6.15. The van der Waals surface area contributed by atoms with E-state index in [1.165, 1.54) is 12.1 Å². The summed E-state index contributed by atoms with van der Waals surface area (Å²) in [6.45, 7) is 3.55. The zero-order chi connectivity index (χ0) is 21.7. The lowest BCUT2D eigenvalue weighted by molar-refractivity contribution is -0.121. The SMILES string of the molecule is CN=C(NCCC(=O)NC1CCS(=O)(=O)C1)N1CC(C)OC(c2ccc(F)cc2)C1. The standard InChI is InChI=1S/C20H29FN4O4S/c1-14-11-25(12-18(29-14)15-3-5-16(21)6-4-15)20(22-2)23-9-7-19(26)24-17-8-10-30(27,28)13-17/h3-6,14,17-18H,7-13H2,1-2H3,(H,22,23)(H,24,26). The molecule has 2 aliphatic rings. The first-order valence-corrected chi connectivity index (χ1v) is 11.9. The molecule has 1 amide bonds. The summed E-state index contributed by atoms with van der Waals surface area (Å²) in [6, 6.07) is 5.99. The molecule has 2 aliphatic heterocycles. The molecule has 0 spiro atoms. The lowest BCUT2D eigenvalue weighted by atomic mass is 10.1. The number of hydrogen-bond acceptors (Lipinski definition) is 5. The number of aliphatic imine (C=N–C) groups is 1. The van der Waals surface area contributed by atoms with Crippen molar-refractivity contribution in [3.05, 3.63) is 35.6 Å². The molecular weight excluding hydrogens is 411 g/mol. The van der Waals surface area contributed by atoms with Crippen molar-refractivity contribution < 1.29 is 22.3 Å². The summed E-state index contributed by atoms with van der Waals surface area (Å²) in [5.41, 5.74) is 0.897. The van der Waals surface area contributed by atoms with Crippen molar-refractivity contribution in [2.24, 2.45) is 4.99 Å². The molecule has 0 aromatic heterocycles. The fourth-order valence-corrected chi connectivity index (χ4v) is 5.49. The summed E-state index contributed by atoms with van der Waals surface area (Å²) < 4.78 is 42.2. The van der Waals surface area contributed by atoms with Gasteiger partial charge >= 0.3 is 0 Å². The van der Waals surface area contributed by atoms with E-state index >= 15 is 0 Å². The first-order valence-electron chi connectivity index (χ1n) is 10.1. The van der Waals surface area contributed by atoms with E-state index in [2.05, 4.69) is 20.5 Å². The van der Waals surface area contributed by atoms with Gasteiger partial charge in [-0.25, -0.2) is 12.8 Å². The lowest BCUT2D eigenvalue weighted by Crippen LogP contribution is -2.51. The molecule has 3 unspecified atom stereocenters. The molecule has 2 N–H and O–H groups in total. The van der Waals surface area contributed by atoms with Crippen molar-refractivity contribution in [1.82, 2.24) is 15.5 Å². The van der Waals surface area contributed by atoms with Crippen LogP contribution in [0.15, 0.2) is 29.3 Å². The minimum Gasteiger partial charge on any atom is -0.367 e. The fourth-order valence-electron chi connectivity index (χ4n) is 3.81. The van der Waals surface area contributed by atoms with Crippen LogP contribution in [0.3, 0.4) is 0 Å². The molecule has 1 aromatic rings. The van der Waals surface area contributed by atoms with E-state index in [1.54, 1.807) is 19.2 Å². The summed E-state index contributed by atoms with van der Waals surface area (Å²) >= 11 is 0. The number of ether oxygens (including phenoxy) is 1. The molecule has 8 nitrogen and oxygen atoms in total. The number of halogens is 1. The van der Waals surface area contributed by atoms with E-state index in [0.29, 0.717) is 32.0 Å². The molecule has 166 valence electrons. The summed E-state index contributed by atoms with van der Waals surface area (Å²) in [7, 11) is -1.34. The molecule has 3 atom stereocenters. The van der Waals surface area contributed by atoms with E-state index in [1.807, 2.05) is 6.92 Å². The second-order valence-corrected chi connectivity index (χ2v) is 10.0. The number of sulfone groups is 1. The van der Waals surface area contributed by atoms with Crippen LogP contribution in [-0.2, 0) is 19.4 Å². The number of benzene rings is 1. The highest BCUT2D eigenvalue weighted by atomic mass is 32.2. The topological polar surface area (TPSA) is 100 Å². The van der Waals surface area contributed by atoms with Crippen LogP contribution in [0.2, 0.25) is 0 Å². The van der Waals surface area contributed by atoms with Crippen LogP contribution in [0.1, 0.15) is 31.4 Å². The number of carbonyl (C=O) groups excluding carboxylic acids is 1. The Balaban J connectivity index is 1.50. The van der Waals surface area contributed by atoms with E-state index in [4.69, 9.17) is 4.74 Å². The average Bonchev–Trinajstić information content (AvgIpc) is 3.03. The number of hydrogen-bond donors (Lipinski definition) is 2. The lowest BCUT2D eigenvalue weighted by Gasteiger charge is -2.38. The Morgan fingerprint density at radius 1 is 1.30 bits per heavy atom. The molecule has 0 saturated carbocycles. The molecule has 3 rings (SSSR count). The Morgan fingerprint density at radius 2 is 2.03 bits per heavy atom. The van der Waals surface area contributed by atoms with Gasteiger partial charge in [-0.05, 0) is 31.0 Å². The second kappa shape index (κ2) is 9.74.